The quantitative estimate of drug-likeness (QED) is 0.420. The second kappa shape index (κ2) is 2.83. The van der Waals surface area contributed by atoms with Gasteiger partial charge in [-0.15, -0.1) is 12.3 Å². The molecule has 1 rings (SSSR count). The van der Waals surface area contributed by atoms with Gasteiger partial charge in [-0.3, -0.25) is 0 Å². The Morgan fingerprint density at radius 1 is 1.64 bits per heavy atom. The van der Waals surface area contributed by atoms with Gasteiger partial charge in [0.15, 0.2) is 0 Å². The van der Waals surface area contributed by atoms with Gasteiger partial charge in [-0.1, -0.05) is 6.92 Å². The number of cyclic esters (lactones) is 2. The van der Waals surface area contributed by atoms with Crippen LogP contribution in [0.25, 0.3) is 0 Å². The van der Waals surface area contributed by atoms with Crippen LogP contribution in [0.2, 0.25) is 0 Å². The van der Waals surface area contributed by atoms with Gasteiger partial charge in [0, 0.05) is 11.8 Å². The number of ether oxygens (including phenoxy) is 2. The van der Waals surface area contributed by atoms with Crippen molar-refractivity contribution in [3.8, 4) is 12.3 Å². The minimum Gasteiger partial charge on any atom is -0.434 e. The van der Waals surface area contributed by atoms with Gasteiger partial charge in [0.1, 0.15) is 13.2 Å². The van der Waals surface area contributed by atoms with E-state index in [1.807, 2.05) is 6.92 Å². The highest BCUT2D eigenvalue weighted by Crippen LogP contribution is 2.25. The van der Waals surface area contributed by atoms with Crippen molar-refractivity contribution >= 4 is 6.16 Å². The number of hydrogen-bond donors (Lipinski definition) is 0. The minimum absolute atomic E-state index is 0.192. The molecule has 1 heterocycles. The molecule has 0 aliphatic carbocycles. The van der Waals surface area contributed by atoms with Crippen LogP contribution in [-0.2, 0) is 9.47 Å². The molecule has 60 valence electrons. The van der Waals surface area contributed by atoms with Gasteiger partial charge in [-0.05, 0) is 0 Å². The fourth-order valence-electron chi connectivity index (χ4n) is 0.898. The first-order chi connectivity index (χ1) is 5.16. The maximum Gasteiger partial charge on any atom is 0.508 e. The van der Waals surface area contributed by atoms with Crippen molar-refractivity contribution in [2.24, 2.45) is 5.41 Å². The topological polar surface area (TPSA) is 35.5 Å². The van der Waals surface area contributed by atoms with Gasteiger partial charge in [-0.2, -0.15) is 0 Å². The van der Waals surface area contributed by atoms with E-state index in [2.05, 4.69) is 15.4 Å². The van der Waals surface area contributed by atoms with Crippen LogP contribution < -0.4 is 0 Å². The molecule has 1 saturated heterocycles. The molecule has 0 spiro atoms. The van der Waals surface area contributed by atoms with Crippen molar-refractivity contribution in [3.05, 3.63) is 0 Å². The van der Waals surface area contributed by atoms with E-state index in [4.69, 9.17) is 6.42 Å². The maximum absolute atomic E-state index is 10.5. The predicted octanol–water partition coefficient (Wildman–Crippen LogP) is 1.18. The van der Waals surface area contributed by atoms with Crippen LogP contribution in [0.5, 0.6) is 0 Å². The van der Waals surface area contributed by atoms with E-state index < -0.39 is 6.16 Å². The number of rotatable bonds is 1. The first kappa shape index (κ1) is 7.93. The van der Waals surface area contributed by atoms with Crippen molar-refractivity contribution in [2.45, 2.75) is 13.3 Å². The molecule has 1 fully saturated rings. The lowest BCUT2D eigenvalue weighted by atomic mass is 9.89. The molecule has 0 atom stereocenters. The molecule has 0 aromatic heterocycles. The minimum atomic E-state index is -0.598. The molecule has 0 amide bonds. The third-order valence-electron chi connectivity index (χ3n) is 1.61. The molecule has 0 saturated carbocycles. The number of carbonyl (C=O) groups is 1. The molecular formula is C8H10O3. The summed E-state index contributed by atoms with van der Waals surface area (Å²) in [7, 11) is 0. The van der Waals surface area contributed by atoms with Crippen LogP contribution in [0.4, 0.5) is 4.79 Å². The Bertz CT molecular complexity index is 192. The summed E-state index contributed by atoms with van der Waals surface area (Å²) in [6.45, 7) is 2.64. The number of terminal acetylenes is 1. The van der Waals surface area contributed by atoms with Gasteiger partial charge in [-0.25, -0.2) is 4.79 Å². The van der Waals surface area contributed by atoms with Crippen LogP contribution in [0.15, 0.2) is 0 Å². The molecule has 0 unspecified atom stereocenters. The molecule has 1 aliphatic rings. The van der Waals surface area contributed by atoms with Gasteiger partial charge in [0.05, 0.1) is 0 Å². The zero-order valence-electron chi connectivity index (χ0n) is 6.42. The summed E-state index contributed by atoms with van der Waals surface area (Å²) in [4.78, 5) is 10.5. The van der Waals surface area contributed by atoms with Crippen LogP contribution in [0.1, 0.15) is 13.3 Å². The van der Waals surface area contributed by atoms with Crippen LogP contribution >= 0.6 is 0 Å². The Morgan fingerprint density at radius 3 is 2.64 bits per heavy atom. The van der Waals surface area contributed by atoms with Crippen LogP contribution in [0, 0.1) is 17.8 Å². The lowest BCUT2D eigenvalue weighted by Gasteiger charge is -2.30. The van der Waals surface area contributed by atoms with Crippen molar-refractivity contribution in [1.82, 2.24) is 0 Å². The first-order valence-corrected chi connectivity index (χ1v) is 3.39. The molecule has 1 aliphatic heterocycles. The largest absolute Gasteiger partial charge is 0.508 e. The van der Waals surface area contributed by atoms with Crippen molar-refractivity contribution in [1.29, 1.82) is 0 Å². The summed E-state index contributed by atoms with van der Waals surface area (Å²) < 4.78 is 9.38. The Hall–Kier alpha value is -1.17. The summed E-state index contributed by atoms with van der Waals surface area (Å²) in [6, 6.07) is 0. The lowest BCUT2D eigenvalue weighted by Crippen LogP contribution is -2.36. The fraction of sp³-hybridized carbons (Fsp3) is 0.625. The van der Waals surface area contributed by atoms with Crippen molar-refractivity contribution in [3.63, 3.8) is 0 Å². The van der Waals surface area contributed by atoms with E-state index in [9.17, 15) is 4.79 Å². The summed E-state index contributed by atoms with van der Waals surface area (Å²) in [5.74, 6) is 2.52. The van der Waals surface area contributed by atoms with Crippen LogP contribution in [0.3, 0.4) is 0 Å². The molecule has 0 aromatic rings. The summed E-state index contributed by atoms with van der Waals surface area (Å²) in [6.07, 6.45) is 5.11. The van der Waals surface area contributed by atoms with E-state index in [0.29, 0.717) is 19.6 Å². The maximum atomic E-state index is 10.5. The number of carbonyl (C=O) groups excluding carboxylic acids is 1. The normalized spacial score (nSPS) is 21.3. The predicted molar refractivity (Wildman–Crippen MR) is 38.9 cm³/mol. The zero-order chi connectivity index (χ0) is 8.32. The average molecular weight is 154 g/mol. The van der Waals surface area contributed by atoms with E-state index in [0.717, 1.165) is 0 Å². The summed E-state index contributed by atoms with van der Waals surface area (Å²) in [5, 5.41) is 0. The molecular weight excluding hydrogens is 144 g/mol. The van der Waals surface area contributed by atoms with Crippen molar-refractivity contribution in [2.75, 3.05) is 13.2 Å². The first-order valence-electron chi connectivity index (χ1n) is 3.39. The average Bonchev–Trinajstić information content (AvgIpc) is 1.97. The lowest BCUT2D eigenvalue weighted by molar-refractivity contribution is -0.0499. The molecule has 3 heteroatoms. The zero-order valence-corrected chi connectivity index (χ0v) is 6.42. The highest BCUT2D eigenvalue weighted by molar-refractivity contribution is 5.60. The molecule has 0 N–H and O–H groups in total. The molecule has 0 bridgehead atoms. The van der Waals surface area contributed by atoms with E-state index in [1.165, 1.54) is 0 Å². The highest BCUT2D eigenvalue weighted by atomic mass is 16.7. The van der Waals surface area contributed by atoms with Crippen LogP contribution in [-0.4, -0.2) is 19.4 Å². The monoisotopic (exact) mass is 154 g/mol. The van der Waals surface area contributed by atoms with Gasteiger partial charge >= 0.3 is 6.16 Å². The van der Waals surface area contributed by atoms with E-state index in [-0.39, 0.29) is 5.41 Å². The van der Waals surface area contributed by atoms with Gasteiger partial charge in [0.25, 0.3) is 0 Å². The Morgan fingerprint density at radius 2 is 2.18 bits per heavy atom. The number of hydrogen-bond acceptors (Lipinski definition) is 3. The fourth-order valence-corrected chi connectivity index (χ4v) is 0.898. The Kier molecular flexibility index (Phi) is 2.04. The Labute approximate surface area is 65.7 Å². The second-order valence-electron chi connectivity index (χ2n) is 3.02. The van der Waals surface area contributed by atoms with E-state index >= 15 is 0 Å². The highest BCUT2D eigenvalue weighted by Gasteiger charge is 2.32. The second-order valence-corrected chi connectivity index (χ2v) is 3.02. The van der Waals surface area contributed by atoms with Gasteiger partial charge < -0.3 is 9.47 Å². The third kappa shape index (κ3) is 1.87. The molecule has 0 radical (unpaired) electrons. The standard InChI is InChI=1S/C8H10O3/c1-3-4-8(2)5-10-7(9)11-6-8/h1H,4-6H2,2H3. The molecule has 3 nitrogen and oxygen atoms in total. The van der Waals surface area contributed by atoms with Crippen molar-refractivity contribution < 1.29 is 14.3 Å². The molecule has 11 heavy (non-hydrogen) atoms. The van der Waals surface area contributed by atoms with E-state index in [1.54, 1.807) is 0 Å². The molecule has 0 aromatic carbocycles. The summed E-state index contributed by atoms with van der Waals surface area (Å²) in [5.41, 5.74) is -0.192. The summed E-state index contributed by atoms with van der Waals surface area (Å²) >= 11 is 0. The third-order valence-corrected chi connectivity index (χ3v) is 1.61. The smallest absolute Gasteiger partial charge is 0.434 e. The SMILES string of the molecule is C#CCC1(C)COC(=O)OC1. The van der Waals surface area contributed by atoms with Gasteiger partial charge in [0.2, 0.25) is 0 Å². The Balaban J connectivity index is 2.49.